The molecule has 0 radical (unpaired) electrons. The molecule has 4 heteroatoms. The first kappa shape index (κ1) is 16.9. The Labute approximate surface area is 136 Å². The van der Waals surface area contributed by atoms with Gasteiger partial charge in [-0.25, -0.2) is 4.39 Å². The van der Waals surface area contributed by atoms with Gasteiger partial charge in [0, 0.05) is 18.6 Å². The van der Waals surface area contributed by atoms with E-state index in [-0.39, 0.29) is 5.82 Å². The maximum Gasteiger partial charge on any atom is 0.137 e. The Morgan fingerprint density at radius 2 is 1.95 bits per heavy atom. The van der Waals surface area contributed by atoms with Crippen LogP contribution in [0, 0.1) is 11.7 Å². The van der Waals surface area contributed by atoms with Crippen molar-refractivity contribution in [1.29, 1.82) is 0 Å². The molecule has 2 rings (SSSR count). The summed E-state index contributed by atoms with van der Waals surface area (Å²) in [5.41, 5.74) is 1.17. The summed E-state index contributed by atoms with van der Waals surface area (Å²) in [4.78, 5) is 2.54. The van der Waals surface area contributed by atoms with Gasteiger partial charge in [0.1, 0.15) is 5.82 Å². The fraction of sp³-hybridized carbons (Fsp3) is 0.647. The van der Waals surface area contributed by atoms with Crippen molar-refractivity contribution < 1.29 is 4.39 Å². The summed E-state index contributed by atoms with van der Waals surface area (Å²) >= 11 is 3.30. The zero-order valence-electron chi connectivity index (χ0n) is 13.2. The molecule has 1 atom stereocenters. The minimum absolute atomic E-state index is 0.194. The number of piperidine rings is 1. The van der Waals surface area contributed by atoms with Crippen LogP contribution >= 0.6 is 15.9 Å². The molecule has 118 valence electrons. The Kier molecular flexibility index (Phi) is 6.20. The molecule has 1 aromatic rings. The van der Waals surface area contributed by atoms with E-state index in [2.05, 4.69) is 46.9 Å². The predicted octanol–water partition coefficient (Wildman–Crippen LogP) is 4.36. The summed E-state index contributed by atoms with van der Waals surface area (Å²) in [6.07, 6.45) is 2.51. The molecule has 1 heterocycles. The molecule has 1 fully saturated rings. The van der Waals surface area contributed by atoms with Gasteiger partial charge in [0.25, 0.3) is 0 Å². The van der Waals surface area contributed by atoms with E-state index in [1.165, 1.54) is 18.4 Å². The quantitative estimate of drug-likeness (QED) is 0.842. The zero-order valence-corrected chi connectivity index (χ0v) is 14.8. The van der Waals surface area contributed by atoms with Crippen LogP contribution in [0.2, 0.25) is 0 Å². The molecule has 1 aliphatic heterocycles. The molecule has 0 saturated carbocycles. The second-order valence-electron chi connectivity index (χ2n) is 6.33. The molecule has 21 heavy (non-hydrogen) atoms. The van der Waals surface area contributed by atoms with E-state index >= 15 is 0 Å². The second-order valence-corrected chi connectivity index (χ2v) is 7.19. The van der Waals surface area contributed by atoms with E-state index < -0.39 is 0 Å². The predicted molar refractivity (Wildman–Crippen MR) is 90.0 cm³/mol. The van der Waals surface area contributed by atoms with Crippen molar-refractivity contribution in [2.75, 3.05) is 19.6 Å². The number of rotatable bonds is 5. The molecule has 0 spiro atoms. The van der Waals surface area contributed by atoms with Crippen LogP contribution in [0.1, 0.15) is 45.2 Å². The van der Waals surface area contributed by atoms with Crippen LogP contribution in [0.5, 0.6) is 0 Å². The van der Waals surface area contributed by atoms with Crippen LogP contribution in [0.15, 0.2) is 22.7 Å². The average Bonchev–Trinajstić information content (AvgIpc) is 2.47. The lowest BCUT2D eigenvalue weighted by Gasteiger charge is -2.37. The van der Waals surface area contributed by atoms with Gasteiger partial charge in [0.15, 0.2) is 0 Å². The third-order valence-corrected chi connectivity index (χ3v) is 5.12. The topological polar surface area (TPSA) is 15.3 Å². The van der Waals surface area contributed by atoms with Crippen molar-refractivity contribution >= 4 is 15.9 Å². The number of halogens is 2. The van der Waals surface area contributed by atoms with Crippen molar-refractivity contribution in [2.24, 2.45) is 5.92 Å². The van der Waals surface area contributed by atoms with Gasteiger partial charge in [-0.2, -0.15) is 0 Å². The lowest BCUT2D eigenvalue weighted by Crippen LogP contribution is -2.40. The molecule has 1 unspecified atom stereocenters. The van der Waals surface area contributed by atoms with Crippen LogP contribution < -0.4 is 5.32 Å². The highest BCUT2D eigenvalue weighted by Gasteiger charge is 2.24. The van der Waals surface area contributed by atoms with Crippen molar-refractivity contribution in [3.63, 3.8) is 0 Å². The highest BCUT2D eigenvalue weighted by molar-refractivity contribution is 9.10. The Balaban J connectivity index is 2.10. The Morgan fingerprint density at radius 3 is 2.52 bits per heavy atom. The SMILES string of the molecule is CC(C)N(CC1CCNCC1)C(C)c1ccc(F)c(Br)c1. The molecule has 1 aromatic carbocycles. The monoisotopic (exact) mass is 356 g/mol. The van der Waals surface area contributed by atoms with Crippen molar-refractivity contribution in [1.82, 2.24) is 10.2 Å². The third-order valence-electron chi connectivity index (χ3n) is 4.51. The van der Waals surface area contributed by atoms with E-state index in [0.29, 0.717) is 16.6 Å². The van der Waals surface area contributed by atoms with E-state index in [1.54, 1.807) is 6.07 Å². The standard InChI is InChI=1S/C17H26BrFN2/c1-12(2)21(11-14-6-8-20-9-7-14)13(3)15-4-5-17(19)16(18)10-15/h4-5,10,12-14,20H,6-9,11H2,1-3H3. The molecule has 0 aliphatic carbocycles. The fourth-order valence-electron chi connectivity index (χ4n) is 3.14. The molecule has 1 saturated heterocycles. The van der Waals surface area contributed by atoms with E-state index in [4.69, 9.17) is 0 Å². The van der Waals surface area contributed by atoms with Crippen LogP contribution in [0.3, 0.4) is 0 Å². The van der Waals surface area contributed by atoms with Gasteiger partial charge in [0.05, 0.1) is 4.47 Å². The number of nitrogens with one attached hydrogen (secondary N) is 1. The maximum atomic E-state index is 13.4. The Bertz CT molecular complexity index is 458. The van der Waals surface area contributed by atoms with Crippen LogP contribution in [-0.4, -0.2) is 30.6 Å². The largest absolute Gasteiger partial charge is 0.317 e. The third kappa shape index (κ3) is 4.51. The normalized spacial score (nSPS) is 18.4. The van der Waals surface area contributed by atoms with Gasteiger partial charge in [-0.1, -0.05) is 6.07 Å². The average molecular weight is 357 g/mol. The van der Waals surface area contributed by atoms with E-state index in [1.807, 2.05) is 12.1 Å². The molecule has 2 nitrogen and oxygen atoms in total. The van der Waals surface area contributed by atoms with Gasteiger partial charge < -0.3 is 5.32 Å². The first-order chi connectivity index (χ1) is 9.99. The van der Waals surface area contributed by atoms with Crippen LogP contribution in [0.25, 0.3) is 0 Å². The number of hydrogen-bond acceptors (Lipinski definition) is 2. The number of benzene rings is 1. The molecule has 1 N–H and O–H groups in total. The summed E-state index contributed by atoms with van der Waals surface area (Å²) in [5.74, 6) is 0.570. The molecule has 1 aliphatic rings. The van der Waals surface area contributed by atoms with Gasteiger partial charge in [-0.3, -0.25) is 4.90 Å². The smallest absolute Gasteiger partial charge is 0.137 e. The van der Waals surface area contributed by atoms with E-state index in [0.717, 1.165) is 25.6 Å². The minimum Gasteiger partial charge on any atom is -0.317 e. The maximum absolute atomic E-state index is 13.4. The summed E-state index contributed by atoms with van der Waals surface area (Å²) < 4.78 is 14.0. The van der Waals surface area contributed by atoms with Crippen molar-refractivity contribution in [3.8, 4) is 0 Å². The summed E-state index contributed by atoms with van der Waals surface area (Å²) in [6, 6.07) is 6.16. The molecule has 0 aromatic heterocycles. The first-order valence-electron chi connectivity index (χ1n) is 7.90. The van der Waals surface area contributed by atoms with Gasteiger partial charge in [-0.15, -0.1) is 0 Å². The number of nitrogens with zero attached hydrogens (tertiary/aromatic N) is 1. The molecular weight excluding hydrogens is 331 g/mol. The fourth-order valence-corrected chi connectivity index (χ4v) is 3.54. The van der Waals surface area contributed by atoms with Crippen LogP contribution in [-0.2, 0) is 0 Å². The summed E-state index contributed by atoms with van der Waals surface area (Å²) in [6.45, 7) is 10.1. The van der Waals surface area contributed by atoms with E-state index in [9.17, 15) is 4.39 Å². The Hall–Kier alpha value is -0.450. The van der Waals surface area contributed by atoms with Crippen molar-refractivity contribution in [3.05, 3.63) is 34.1 Å². The minimum atomic E-state index is -0.194. The Morgan fingerprint density at radius 1 is 1.29 bits per heavy atom. The second kappa shape index (κ2) is 7.70. The summed E-state index contributed by atoms with van der Waals surface area (Å²) in [5, 5.41) is 3.43. The lowest BCUT2D eigenvalue weighted by atomic mass is 9.95. The zero-order chi connectivity index (χ0) is 15.4. The van der Waals surface area contributed by atoms with Crippen molar-refractivity contribution in [2.45, 2.75) is 45.7 Å². The molecule has 0 bridgehead atoms. The molecular formula is C17H26BrFN2. The summed E-state index contributed by atoms with van der Waals surface area (Å²) in [7, 11) is 0. The van der Waals surface area contributed by atoms with Gasteiger partial charge in [0.2, 0.25) is 0 Å². The van der Waals surface area contributed by atoms with Crippen LogP contribution in [0.4, 0.5) is 4.39 Å². The van der Waals surface area contributed by atoms with Gasteiger partial charge >= 0.3 is 0 Å². The van der Waals surface area contributed by atoms with Gasteiger partial charge in [-0.05, 0) is 86.2 Å². The lowest BCUT2D eigenvalue weighted by molar-refractivity contribution is 0.125. The highest BCUT2D eigenvalue weighted by Crippen LogP contribution is 2.28. The number of hydrogen-bond donors (Lipinski definition) is 1. The first-order valence-corrected chi connectivity index (χ1v) is 8.69. The molecule has 0 amide bonds. The highest BCUT2D eigenvalue weighted by atomic mass is 79.9.